The molecule has 0 unspecified atom stereocenters. The van der Waals surface area contributed by atoms with E-state index in [1.165, 1.54) is 16.4 Å². The third-order valence-electron chi connectivity index (χ3n) is 6.77. The monoisotopic (exact) mass is 522 g/mol. The largest absolute Gasteiger partial charge is 0.486 e. The molecular weight excluding hydrogens is 496 g/mol. The maximum Gasteiger partial charge on any atom is 0.281 e. The minimum absolute atomic E-state index is 0.148. The summed E-state index contributed by atoms with van der Waals surface area (Å²) < 4.78 is 41.1. The molecule has 2 aromatic carbocycles. The van der Waals surface area contributed by atoms with Crippen LogP contribution in [0, 0.1) is 6.92 Å². The van der Waals surface area contributed by atoms with E-state index >= 15 is 0 Å². The first-order valence-electron chi connectivity index (χ1n) is 12.2. The van der Waals surface area contributed by atoms with Crippen LogP contribution in [0.1, 0.15) is 35.7 Å². The zero-order chi connectivity index (χ0) is 25.6. The molecule has 192 valence electrons. The number of rotatable bonds is 5. The predicted octanol–water partition coefficient (Wildman–Crippen LogP) is 2.21. The minimum Gasteiger partial charge on any atom is -0.486 e. The van der Waals surface area contributed by atoms with Crippen LogP contribution >= 0.6 is 0 Å². The summed E-state index contributed by atoms with van der Waals surface area (Å²) in [7, 11) is -3.78. The van der Waals surface area contributed by atoms with Gasteiger partial charge in [-0.25, -0.2) is 18.1 Å². The molecule has 2 aliphatic rings. The van der Waals surface area contributed by atoms with Crippen molar-refractivity contribution in [2.45, 2.75) is 37.1 Å². The van der Waals surface area contributed by atoms with Crippen LogP contribution in [0.2, 0.25) is 0 Å². The Morgan fingerprint density at radius 3 is 2.68 bits per heavy atom. The molecule has 6 rings (SSSR count). The van der Waals surface area contributed by atoms with Gasteiger partial charge in [0.2, 0.25) is 10.0 Å². The third-order valence-corrected chi connectivity index (χ3v) is 8.63. The average molecular weight is 523 g/mol. The van der Waals surface area contributed by atoms with Crippen molar-refractivity contribution in [3.05, 3.63) is 69.8 Å². The van der Waals surface area contributed by atoms with E-state index in [4.69, 9.17) is 14.5 Å². The van der Waals surface area contributed by atoms with Crippen LogP contribution in [0.5, 0.6) is 11.5 Å². The van der Waals surface area contributed by atoms with Crippen molar-refractivity contribution in [1.82, 2.24) is 29.3 Å². The second-order valence-electron chi connectivity index (χ2n) is 9.36. The first-order chi connectivity index (χ1) is 17.9. The standard InChI is InChI=1S/C25H26N6O5S/c1-16-4-6-17(7-5-16)14-31-24-22(28-29-31)25(32)27-23(26-24)18-3-2-10-30(15-18)37(33,34)19-8-9-20-21(13-19)36-12-11-35-20/h4-9,13,18H,2-3,10-12,14-15H2,1H3,(H,26,27,32)/t18-/m0/s1. The van der Waals surface area contributed by atoms with Gasteiger partial charge in [-0.2, -0.15) is 4.31 Å². The van der Waals surface area contributed by atoms with Gasteiger partial charge in [-0.1, -0.05) is 35.0 Å². The molecule has 1 saturated heterocycles. The van der Waals surface area contributed by atoms with Gasteiger partial charge in [0.25, 0.3) is 5.56 Å². The number of fused-ring (bicyclic) bond motifs is 2. The van der Waals surface area contributed by atoms with E-state index in [-0.39, 0.29) is 28.4 Å². The van der Waals surface area contributed by atoms with Gasteiger partial charge >= 0.3 is 0 Å². The first-order valence-corrected chi connectivity index (χ1v) is 13.6. The molecule has 0 radical (unpaired) electrons. The van der Waals surface area contributed by atoms with Crippen LogP contribution in [-0.4, -0.2) is 64.0 Å². The van der Waals surface area contributed by atoms with Gasteiger partial charge in [0, 0.05) is 25.1 Å². The van der Waals surface area contributed by atoms with Crippen LogP contribution in [0.15, 0.2) is 52.2 Å². The molecule has 0 aliphatic carbocycles. The first kappa shape index (κ1) is 23.6. The van der Waals surface area contributed by atoms with Gasteiger partial charge in [-0.05, 0) is 37.5 Å². The smallest absolute Gasteiger partial charge is 0.281 e. The zero-order valence-electron chi connectivity index (χ0n) is 20.3. The number of sulfonamides is 1. The molecule has 4 aromatic rings. The molecular formula is C25H26N6O5S. The highest BCUT2D eigenvalue weighted by Crippen LogP contribution is 2.35. The van der Waals surface area contributed by atoms with E-state index in [0.29, 0.717) is 62.1 Å². The Morgan fingerprint density at radius 2 is 1.86 bits per heavy atom. The molecule has 11 nitrogen and oxygen atoms in total. The number of hydrogen-bond acceptors (Lipinski definition) is 8. The fourth-order valence-corrected chi connectivity index (χ4v) is 6.31. The Bertz CT molecular complexity index is 1630. The SMILES string of the molecule is Cc1ccc(Cn2nnc3c(=O)[nH]c([C@H]4CCCN(S(=O)(=O)c5ccc6c(c5)OCCO6)C4)nc32)cc1. The highest BCUT2D eigenvalue weighted by Gasteiger charge is 2.33. The molecule has 2 aromatic heterocycles. The highest BCUT2D eigenvalue weighted by atomic mass is 32.2. The van der Waals surface area contributed by atoms with Crippen LogP contribution in [0.25, 0.3) is 11.2 Å². The predicted molar refractivity (Wildman–Crippen MR) is 134 cm³/mol. The van der Waals surface area contributed by atoms with E-state index in [0.717, 1.165) is 11.1 Å². The summed E-state index contributed by atoms with van der Waals surface area (Å²) in [5.41, 5.74) is 2.31. The van der Waals surface area contributed by atoms with E-state index < -0.39 is 10.0 Å². The highest BCUT2D eigenvalue weighted by molar-refractivity contribution is 7.89. The second-order valence-corrected chi connectivity index (χ2v) is 11.3. The number of ether oxygens (including phenoxy) is 2. The van der Waals surface area contributed by atoms with Crippen LogP contribution < -0.4 is 15.0 Å². The lowest BCUT2D eigenvalue weighted by Gasteiger charge is -2.31. The third kappa shape index (κ3) is 4.46. The quantitative estimate of drug-likeness (QED) is 0.422. The van der Waals surface area contributed by atoms with Crippen molar-refractivity contribution in [3.8, 4) is 11.5 Å². The number of piperidine rings is 1. The maximum absolute atomic E-state index is 13.5. The Kier molecular flexibility index (Phi) is 5.92. The number of aryl methyl sites for hydroxylation is 1. The number of aromatic amines is 1. The average Bonchev–Trinajstić information content (AvgIpc) is 3.33. The summed E-state index contributed by atoms with van der Waals surface area (Å²) in [5, 5.41) is 8.17. The van der Waals surface area contributed by atoms with E-state index in [1.807, 2.05) is 31.2 Å². The molecule has 0 bridgehead atoms. The summed E-state index contributed by atoms with van der Waals surface area (Å²) >= 11 is 0. The number of hydrogen-bond donors (Lipinski definition) is 1. The molecule has 1 N–H and O–H groups in total. The fraction of sp³-hybridized carbons (Fsp3) is 0.360. The molecule has 0 saturated carbocycles. The summed E-state index contributed by atoms with van der Waals surface area (Å²) in [6, 6.07) is 12.7. The molecule has 4 heterocycles. The molecule has 0 amide bonds. The Hall–Kier alpha value is -3.77. The van der Waals surface area contributed by atoms with Gasteiger partial charge in [0.15, 0.2) is 22.7 Å². The van der Waals surface area contributed by atoms with Crippen LogP contribution in [-0.2, 0) is 16.6 Å². The summed E-state index contributed by atoms with van der Waals surface area (Å²) in [6.07, 6.45) is 1.33. The van der Waals surface area contributed by atoms with Gasteiger partial charge in [-0.15, -0.1) is 5.10 Å². The fourth-order valence-electron chi connectivity index (χ4n) is 4.77. The van der Waals surface area contributed by atoms with Crippen molar-refractivity contribution in [2.24, 2.45) is 0 Å². The number of nitrogens with one attached hydrogen (secondary N) is 1. The van der Waals surface area contributed by atoms with Gasteiger partial charge in [0.05, 0.1) is 11.4 Å². The minimum atomic E-state index is -3.78. The number of benzene rings is 2. The lowest BCUT2D eigenvalue weighted by atomic mass is 9.99. The molecule has 1 atom stereocenters. The maximum atomic E-state index is 13.5. The van der Waals surface area contributed by atoms with Crippen molar-refractivity contribution in [3.63, 3.8) is 0 Å². The molecule has 1 fully saturated rings. The Morgan fingerprint density at radius 1 is 1.08 bits per heavy atom. The number of aromatic nitrogens is 5. The summed E-state index contributed by atoms with van der Waals surface area (Å²) in [6.45, 7) is 3.82. The van der Waals surface area contributed by atoms with Crippen LogP contribution in [0.4, 0.5) is 0 Å². The van der Waals surface area contributed by atoms with Crippen molar-refractivity contribution >= 4 is 21.2 Å². The van der Waals surface area contributed by atoms with Crippen molar-refractivity contribution in [1.29, 1.82) is 0 Å². The Labute approximate surface area is 213 Å². The molecule has 0 spiro atoms. The number of nitrogens with zero attached hydrogens (tertiary/aromatic N) is 5. The second kappa shape index (κ2) is 9.27. The topological polar surface area (TPSA) is 132 Å². The van der Waals surface area contributed by atoms with E-state index in [2.05, 4.69) is 15.3 Å². The van der Waals surface area contributed by atoms with Crippen molar-refractivity contribution in [2.75, 3.05) is 26.3 Å². The zero-order valence-corrected chi connectivity index (χ0v) is 21.1. The number of H-pyrrole nitrogens is 1. The Balaban J connectivity index is 1.28. The lowest BCUT2D eigenvalue weighted by Crippen LogP contribution is -2.40. The van der Waals surface area contributed by atoms with Crippen molar-refractivity contribution < 1.29 is 17.9 Å². The molecule has 12 heteroatoms. The lowest BCUT2D eigenvalue weighted by molar-refractivity contribution is 0.171. The molecule has 37 heavy (non-hydrogen) atoms. The van der Waals surface area contributed by atoms with Gasteiger partial charge in [-0.3, -0.25) is 4.79 Å². The molecule has 2 aliphatic heterocycles. The van der Waals surface area contributed by atoms with Gasteiger partial charge in [0.1, 0.15) is 19.0 Å². The van der Waals surface area contributed by atoms with E-state index in [1.54, 1.807) is 10.7 Å². The van der Waals surface area contributed by atoms with Crippen LogP contribution in [0.3, 0.4) is 0 Å². The van der Waals surface area contributed by atoms with E-state index in [9.17, 15) is 13.2 Å². The summed E-state index contributed by atoms with van der Waals surface area (Å²) in [4.78, 5) is 20.5. The normalized spacial score (nSPS) is 18.2. The van der Waals surface area contributed by atoms with Gasteiger partial charge < -0.3 is 14.5 Å². The summed E-state index contributed by atoms with van der Waals surface area (Å²) in [5.74, 6) is 1.12.